The van der Waals surface area contributed by atoms with Crippen molar-refractivity contribution in [2.24, 2.45) is 0 Å². The molecule has 0 amide bonds. The quantitative estimate of drug-likeness (QED) is 0.888. The lowest BCUT2D eigenvalue weighted by atomic mass is 9.74. The van der Waals surface area contributed by atoms with Gasteiger partial charge in [-0.05, 0) is 67.9 Å². The second-order valence-corrected chi connectivity index (χ2v) is 6.20. The van der Waals surface area contributed by atoms with Crippen molar-refractivity contribution in [3.8, 4) is 11.3 Å². The Morgan fingerprint density at radius 3 is 2.55 bits per heavy atom. The zero-order valence-electron chi connectivity index (χ0n) is 13.4. The Kier molecular flexibility index (Phi) is 3.77. The highest BCUT2D eigenvalue weighted by Crippen LogP contribution is 2.44. The van der Waals surface area contributed by atoms with E-state index in [2.05, 4.69) is 17.1 Å². The summed E-state index contributed by atoms with van der Waals surface area (Å²) < 4.78 is 0. The fourth-order valence-corrected chi connectivity index (χ4v) is 3.27. The zero-order chi connectivity index (χ0) is 15.9. The number of nitrogens with zero attached hydrogens (tertiary/aromatic N) is 1. The molecule has 22 heavy (non-hydrogen) atoms. The topological polar surface area (TPSA) is 66.0 Å². The molecule has 4 nitrogen and oxygen atoms in total. The number of hydrogen-bond acceptors (Lipinski definition) is 2. The highest BCUT2D eigenvalue weighted by molar-refractivity contribution is 5.92. The maximum atomic E-state index is 11.6. The van der Waals surface area contributed by atoms with Crippen molar-refractivity contribution in [1.29, 1.82) is 0 Å². The Morgan fingerprint density at radius 1 is 1.32 bits per heavy atom. The van der Waals surface area contributed by atoms with Crippen LogP contribution in [0.5, 0.6) is 0 Å². The van der Waals surface area contributed by atoms with Crippen LogP contribution < -0.4 is 0 Å². The van der Waals surface area contributed by atoms with Crippen LogP contribution in [0.25, 0.3) is 11.3 Å². The molecule has 0 spiro atoms. The summed E-state index contributed by atoms with van der Waals surface area (Å²) in [4.78, 5) is 11.6. The van der Waals surface area contributed by atoms with E-state index in [9.17, 15) is 9.90 Å². The molecule has 0 atom stereocenters. The van der Waals surface area contributed by atoms with Crippen LogP contribution >= 0.6 is 0 Å². The molecule has 1 aromatic heterocycles. The van der Waals surface area contributed by atoms with Crippen molar-refractivity contribution < 1.29 is 9.90 Å². The van der Waals surface area contributed by atoms with Crippen LogP contribution in [0, 0.1) is 13.8 Å². The molecule has 0 bridgehead atoms. The molecule has 1 fully saturated rings. The second kappa shape index (κ2) is 5.59. The zero-order valence-corrected chi connectivity index (χ0v) is 13.4. The molecule has 0 aliphatic heterocycles. The number of carboxylic acids is 1. The van der Waals surface area contributed by atoms with Crippen LogP contribution in [-0.4, -0.2) is 21.3 Å². The van der Waals surface area contributed by atoms with Crippen molar-refractivity contribution in [2.75, 3.05) is 0 Å². The molecule has 1 aliphatic rings. The minimum absolute atomic E-state index is 0.386. The number of aromatic amines is 1. The molecular formula is C18H22N2O2. The van der Waals surface area contributed by atoms with Crippen LogP contribution in [0.2, 0.25) is 0 Å². The predicted molar refractivity (Wildman–Crippen MR) is 86.4 cm³/mol. The predicted octanol–water partition coefficient (Wildman–Crippen LogP) is 4.22. The van der Waals surface area contributed by atoms with E-state index >= 15 is 0 Å². The second-order valence-electron chi connectivity index (χ2n) is 6.20. The highest BCUT2D eigenvalue weighted by atomic mass is 16.4. The molecule has 4 heteroatoms. The van der Waals surface area contributed by atoms with Gasteiger partial charge in [0.15, 0.2) is 0 Å². The molecule has 116 valence electrons. The van der Waals surface area contributed by atoms with Gasteiger partial charge in [-0.15, -0.1) is 0 Å². The first kappa shape index (κ1) is 14.8. The number of carbonyl (C=O) groups is 1. The van der Waals surface area contributed by atoms with Gasteiger partial charge in [-0.1, -0.05) is 13.3 Å². The van der Waals surface area contributed by atoms with Crippen molar-refractivity contribution >= 4 is 5.97 Å². The maximum Gasteiger partial charge on any atom is 0.335 e. The van der Waals surface area contributed by atoms with Gasteiger partial charge in [0.2, 0.25) is 0 Å². The first-order valence-corrected chi connectivity index (χ1v) is 7.95. The molecule has 0 radical (unpaired) electrons. The number of nitrogens with one attached hydrogen (secondary N) is 1. The molecule has 0 unspecified atom stereocenters. The van der Waals surface area contributed by atoms with Crippen molar-refractivity contribution in [3.05, 3.63) is 40.1 Å². The summed E-state index contributed by atoms with van der Waals surface area (Å²) in [7, 11) is 0. The number of aromatic carboxylic acids is 1. The number of carboxylic acid groups (broad SMARTS) is 1. The molecule has 0 saturated heterocycles. The fourth-order valence-electron chi connectivity index (χ4n) is 3.27. The van der Waals surface area contributed by atoms with Gasteiger partial charge in [-0.3, -0.25) is 5.10 Å². The molecule has 1 aromatic carbocycles. The van der Waals surface area contributed by atoms with E-state index in [1.54, 1.807) is 0 Å². The third kappa shape index (κ3) is 2.32. The molecule has 1 aliphatic carbocycles. The standard InChI is InChI=1S/C18H22N2O2/c1-4-13-8-16(20-19-13)15-9-14(18(21)22)10(2)11(3)17(15)12-6-5-7-12/h8-9,12H,4-7H2,1-3H3,(H,19,20)(H,21,22). The van der Waals surface area contributed by atoms with Crippen LogP contribution in [-0.2, 0) is 6.42 Å². The number of aromatic nitrogens is 2. The summed E-state index contributed by atoms with van der Waals surface area (Å²) in [5, 5.41) is 16.9. The van der Waals surface area contributed by atoms with E-state index in [4.69, 9.17) is 0 Å². The van der Waals surface area contributed by atoms with E-state index in [-0.39, 0.29) is 0 Å². The Morgan fingerprint density at radius 2 is 2.05 bits per heavy atom. The van der Waals surface area contributed by atoms with Crippen LogP contribution in [0.1, 0.15) is 64.8 Å². The van der Waals surface area contributed by atoms with E-state index in [1.807, 2.05) is 26.0 Å². The number of aryl methyl sites for hydroxylation is 1. The number of H-pyrrole nitrogens is 1. The lowest BCUT2D eigenvalue weighted by Gasteiger charge is -2.30. The lowest BCUT2D eigenvalue weighted by molar-refractivity contribution is 0.0696. The van der Waals surface area contributed by atoms with E-state index in [0.29, 0.717) is 11.5 Å². The van der Waals surface area contributed by atoms with E-state index in [1.165, 1.54) is 24.8 Å². The molecule has 1 saturated carbocycles. The van der Waals surface area contributed by atoms with Crippen LogP contribution in [0.4, 0.5) is 0 Å². The average molecular weight is 298 g/mol. The summed E-state index contributed by atoms with van der Waals surface area (Å²) >= 11 is 0. The molecule has 1 heterocycles. The van der Waals surface area contributed by atoms with Gasteiger partial charge in [0.05, 0.1) is 11.3 Å². The minimum atomic E-state index is -0.867. The summed E-state index contributed by atoms with van der Waals surface area (Å²) in [6, 6.07) is 3.85. The largest absolute Gasteiger partial charge is 0.478 e. The molecular weight excluding hydrogens is 276 g/mol. The van der Waals surface area contributed by atoms with Gasteiger partial charge in [0.1, 0.15) is 0 Å². The van der Waals surface area contributed by atoms with Crippen LogP contribution in [0.15, 0.2) is 12.1 Å². The summed E-state index contributed by atoms with van der Waals surface area (Å²) in [5.74, 6) is -0.327. The van der Waals surface area contributed by atoms with E-state index < -0.39 is 5.97 Å². The highest BCUT2D eigenvalue weighted by Gasteiger charge is 2.28. The molecule has 2 N–H and O–H groups in total. The average Bonchev–Trinajstić information content (AvgIpc) is 2.90. The summed E-state index contributed by atoms with van der Waals surface area (Å²) in [5.41, 5.74) is 6.60. The lowest BCUT2D eigenvalue weighted by Crippen LogP contribution is -2.14. The van der Waals surface area contributed by atoms with Gasteiger partial charge >= 0.3 is 5.97 Å². The Labute approximate surface area is 130 Å². The normalized spacial score (nSPS) is 14.9. The van der Waals surface area contributed by atoms with Crippen molar-refractivity contribution in [2.45, 2.75) is 52.4 Å². The first-order chi connectivity index (χ1) is 10.5. The third-order valence-corrected chi connectivity index (χ3v) is 4.98. The van der Waals surface area contributed by atoms with E-state index in [0.717, 1.165) is 34.5 Å². The number of hydrogen-bond donors (Lipinski definition) is 2. The monoisotopic (exact) mass is 298 g/mol. The summed E-state index contributed by atoms with van der Waals surface area (Å²) in [6.07, 6.45) is 4.52. The van der Waals surface area contributed by atoms with Gasteiger partial charge in [0.25, 0.3) is 0 Å². The van der Waals surface area contributed by atoms with Gasteiger partial charge in [0, 0.05) is 11.3 Å². The first-order valence-electron chi connectivity index (χ1n) is 7.95. The molecule has 3 rings (SSSR count). The fraction of sp³-hybridized carbons (Fsp3) is 0.444. The number of rotatable bonds is 4. The Hall–Kier alpha value is -2.10. The SMILES string of the molecule is CCc1cc(-c2cc(C(=O)O)c(C)c(C)c2C2CCC2)n[nH]1. The van der Waals surface area contributed by atoms with Gasteiger partial charge in [-0.25, -0.2) is 4.79 Å². The maximum absolute atomic E-state index is 11.6. The Balaban J connectivity index is 2.22. The number of benzene rings is 1. The molecule has 2 aromatic rings. The minimum Gasteiger partial charge on any atom is -0.478 e. The van der Waals surface area contributed by atoms with Gasteiger partial charge in [-0.2, -0.15) is 5.10 Å². The van der Waals surface area contributed by atoms with Gasteiger partial charge < -0.3 is 5.11 Å². The van der Waals surface area contributed by atoms with Crippen molar-refractivity contribution in [1.82, 2.24) is 10.2 Å². The third-order valence-electron chi connectivity index (χ3n) is 4.98. The van der Waals surface area contributed by atoms with Crippen LogP contribution in [0.3, 0.4) is 0 Å². The van der Waals surface area contributed by atoms with Crippen molar-refractivity contribution in [3.63, 3.8) is 0 Å². The summed E-state index contributed by atoms with van der Waals surface area (Å²) in [6.45, 7) is 6.03. The smallest absolute Gasteiger partial charge is 0.335 e. The Bertz CT molecular complexity index is 727.